The minimum Gasteiger partial charge on any atom is -0.481 e. The van der Waals surface area contributed by atoms with Crippen LogP contribution >= 0.6 is 0 Å². The van der Waals surface area contributed by atoms with Gasteiger partial charge in [0.05, 0.1) is 11.7 Å². The van der Waals surface area contributed by atoms with Gasteiger partial charge in [0, 0.05) is 17.2 Å². The number of para-hydroxylation sites is 1. The lowest BCUT2D eigenvalue weighted by atomic mass is 9.79. The van der Waals surface area contributed by atoms with Crippen LogP contribution in [0.25, 0.3) is 11.1 Å². The molecule has 1 aliphatic carbocycles. The zero-order valence-corrected chi connectivity index (χ0v) is 19.1. The van der Waals surface area contributed by atoms with E-state index in [1.54, 1.807) is 25.1 Å². The summed E-state index contributed by atoms with van der Waals surface area (Å²) in [5.41, 5.74) is 1.30. The number of sulfonamides is 1. The third-order valence-electron chi connectivity index (χ3n) is 6.51. The molecule has 1 aliphatic heterocycles. The Hall–Kier alpha value is -2.78. The van der Waals surface area contributed by atoms with E-state index >= 15 is 0 Å². The molecular weight excluding hydrogens is 450 g/mol. The average molecular weight is 475 g/mol. The van der Waals surface area contributed by atoms with Crippen molar-refractivity contribution in [3.8, 4) is 16.9 Å². The van der Waals surface area contributed by atoms with Gasteiger partial charge in [-0.25, -0.2) is 26.9 Å². The van der Waals surface area contributed by atoms with E-state index in [1.165, 1.54) is 24.5 Å². The van der Waals surface area contributed by atoms with E-state index in [1.807, 2.05) is 0 Å². The Morgan fingerprint density at radius 3 is 2.76 bits per heavy atom. The number of aromatic nitrogens is 1. The minimum absolute atomic E-state index is 0.0424. The van der Waals surface area contributed by atoms with E-state index in [0.29, 0.717) is 42.8 Å². The molecule has 0 radical (unpaired) electrons. The van der Waals surface area contributed by atoms with Crippen molar-refractivity contribution in [2.24, 2.45) is 0 Å². The normalized spacial score (nSPS) is 24.6. The molecule has 6 nitrogen and oxygen atoms in total. The van der Waals surface area contributed by atoms with E-state index < -0.39 is 33.2 Å². The molecule has 1 saturated carbocycles. The van der Waals surface area contributed by atoms with Crippen LogP contribution in [-0.2, 0) is 21.9 Å². The van der Waals surface area contributed by atoms with Crippen molar-refractivity contribution in [3.05, 3.63) is 71.4 Å². The van der Waals surface area contributed by atoms with Crippen molar-refractivity contribution in [1.29, 1.82) is 0 Å². The van der Waals surface area contributed by atoms with Crippen molar-refractivity contribution in [2.45, 2.75) is 50.2 Å². The number of oxazole rings is 1. The first-order valence-electron chi connectivity index (χ1n) is 10.8. The Balaban J connectivity index is 1.66. The van der Waals surface area contributed by atoms with Gasteiger partial charge in [-0.3, -0.25) is 0 Å². The molecule has 0 amide bonds. The predicted octanol–water partition coefficient (Wildman–Crippen LogP) is 4.66. The molecule has 1 aromatic heterocycles. The van der Waals surface area contributed by atoms with Crippen LogP contribution in [0.5, 0.6) is 5.75 Å². The van der Waals surface area contributed by atoms with Crippen LogP contribution in [0.3, 0.4) is 0 Å². The summed E-state index contributed by atoms with van der Waals surface area (Å²) in [7, 11) is -3.37. The summed E-state index contributed by atoms with van der Waals surface area (Å²) in [6.45, 7) is 1.73. The molecule has 2 aromatic carbocycles. The van der Waals surface area contributed by atoms with Gasteiger partial charge < -0.3 is 9.15 Å². The highest BCUT2D eigenvalue weighted by molar-refractivity contribution is 7.88. The summed E-state index contributed by atoms with van der Waals surface area (Å²) in [4.78, 5) is 4.69. The van der Waals surface area contributed by atoms with Gasteiger partial charge in [-0.15, -0.1) is 0 Å². The molecule has 2 aliphatic rings. The van der Waals surface area contributed by atoms with E-state index in [-0.39, 0.29) is 17.4 Å². The standard InChI is InChI=1S/C24H24F2N2O4S/c1-14-21-13-31-23(27-21)24(9-8-16(12-24)28-33(2,29)30)11-15-6-7-19(25)18(10-15)17-4-3-5-20(26)22(17)32-14/h3-7,10,13-14,16,28H,8-9,11-12H2,1-2H3/t14-,16-,24+/m0/s1. The SMILES string of the molecule is C[C@@H]1Oc2c(F)cccc2-c2cc(ccc2F)C[C@@]2(CC[C@H](NS(C)(=O)=O)C2)c2nc1co2. The summed E-state index contributed by atoms with van der Waals surface area (Å²) >= 11 is 0. The number of nitrogens with one attached hydrogen (secondary N) is 1. The van der Waals surface area contributed by atoms with E-state index in [4.69, 9.17) is 9.15 Å². The lowest BCUT2D eigenvalue weighted by molar-refractivity contribution is 0.212. The van der Waals surface area contributed by atoms with Crippen LogP contribution in [0.15, 0.2) is 47.1 Å². The fourth-order valence-corrected chi connectivity index (χ4v) is 5.84. The fourth-order valence-electron chi connectivity index (χ4n) is 5.03. The lowest BCUT2D eigenvalue weighted by Crippen LogP contribution is -2.35. The van der Waals surface area contributed by atoms with Crippen LogP contribution < -0.4 is 9.46 Å². The van der Waals surface area contributed by atoms with Crippen molar-refractivity contribution >= 4 is 10.0 Å². The fraction of sp³-hybridized carbons (Fsp3) is 0.375. The van der Waals surface area contributed by atoms with Crippen molar-refractivity contribution < 1.29 is 26.4 Å². The highest BCUT2D eigenvalue weighted by atomic mass is 32.2. The summed E-state index contributed by atoms with van der Waals surface area (Å²) in [5.74, 6) is -0.635. The zero-order chi connectivity index (χ0) is 23.4. The van der Waals surface area contributed by atoms with Gasteiger partial charge >= 0.3 is 0 Å². The Labute approximate surface area is 191 Å². The van der Waals surface area contributed by atoms with Gasteiger partial charge in [-0.1, -0.05) is 18.2 Å². The molecule has 0 unspecified atom stereocenters. The molecule has 3 aromatic rings. The van der Waals surface area contributed by atoms with Gasteiger partial charge in [0.15, 0.2) is 11.6 Å². The number of halogens is 2. The second kappa shape index (κ2) is 7.92. The molecule has 2 heterocycles. The average Bonchev–Trinajstić information content (AvgIpc) is 3.38. The summed E-state index contributed by atoms with van der Waals surface area (Å²) < 4.78 is 67.8. The maximum atomic E-state index is 14.9. The van der Waals surface area contributed by atoms with Gasteiger partial charge in [0.25, 0.3) is 0 Å². The van der Waals surface area contributed by atoms with E-state index in [0.717, 1.165) is 11.8 Å². The third-order valence-corrected chi connectivity index (χ3v) is 7.27. The predicted molar refractivity (Wildman–Crippen MR) is 118 cm³/mol. The molecular formula is C24H24F2N2O4S. The molecule has 3 atom stereocenters. The Morgan fingerprint density at radius 2 is 1.97 bits per heavy atom. The molecule has 0 saturated heterocycles. The van der Waals surface area contributed by atoms with E-state index in [9.17, 15) is 17.2 Å². The summed E-state index contributed by atoms with van der Waals surface area (Å²) in [6, 6.07) is 8.92. The summed E-state index contributed by atoms with van der Waals surface area (Å²) in [6.07, 6.45) is 4.23. The van der Waals surface area contributed by atoms with Crippen molar-refractivity contribution in [3.63, 3.8) is 0 Å². The maximum absolute atomic E-state index is 14.9. The first-order valence-corrected chi connectivity index (χ1v) is 12.7. The number of hydrogen-bond donors (Lipinski definition) is 1. The smallest absolute Gasteiger partial charge is 0.208 e. The zero-order valence-electron chi connectivity index (χ0n) is 18.3. The molecule has 174 valence electrons. The van der Waals surface area contributed by atoms with Crippen LogP contribution in [0.2, 0.25) is 0 Å². The number of benzene rings is 2. The van der Waals surface area contributed by atoms with Crippen LogP contribution in [0.4, 0.5) is 8.78 Å². The second-order valence-electron chi connectivity index (χ2n) is 9.06. The maximum Gasteiger partial charge on any atom is 0.208 e. The molecule has 5 rings (SSSR count). The molecule has 1 spiro atoms. The number of rotatable bonds is 2. The largest absolute Gasteiger partial charge is 0.481 e. The van der Waals surface area contributed by atoms with Gasteiger partial charge in [-0.2, -0.15) is 0 Å². The van der Waals surface area contributed by atoms with Crippen molar-refractivity contribution in [1.82, 2.24) is 9.71 Å². The minimum atomic E-state index is -3.37. The monoisotopic (exact) mass is 474 g/mol. The van der Waals surface area contributed by atoms with E-state index in [2.05, 4.69) is 9.71 Å². The second-order valence-corrected chi connectivity index (χ2v) is 10.8. The topological polar surface area (TPSA) is 81.4 Å². The highest BCUT2D eigenvalue weighted by Gasteiger charge is 2.45. The number of nitrogens with zero attached hydrogens (tertiary/aromatic N) is 1. The summed E-state index contributed by atoms with van der Waals surface area (Å²) in [5, 5.41) is 0. The molecule has 33 heavy (non-hydrogen) atoms. The number of fused-ring (bicyclic) bond motifs is 7. The Morgan fingerprint density at radius 1 is 1.15 bits per heavy atom. The van der Waals surface area contributed by atoms with Gasteiger partial charge in [-0.05, 0) is 56.4 Å². The van der Waals surface area contributed by atoms with Crippen LogP contribution in [0, 0.1) is 11.6 Å². The van der Waals surface area contributed by atoms with Crippen molar-refractivity contribution in [2.75, 3.05) is 6.26 Å². The van der Waals surface area contributed by atoms with Crippen LogP contribution in [0.1, 0.15) is 49.4 Å². The lowest BCUT2D eigenvalue weighted by Gasteiger charge is -2.27. The Kier molecular flexibility index (Phi) is 5.29. The van der Waals surface area contributed by atoms with Gasteiger partial charge in [0.2, 0.25) is 15.9 Å². The first kappa shape index (κ1) is 22.0. The van der Waals surface area contributed by atoms with Crippen LogP contribution in [-0.4, -0.2) is 25.7 Å². The molecule has 9 heteroatoms. The number of ether oxygens (including phenoxy) is 1. The third kappa shape index (κ3) is 4.15. The quantitative estimate of drug-likeness (QED) is 0.585. The molecule has 1 N–H and O–H groups in total. The molecule has 1 fully saturated rings. The Bertz CT molecular complexity index is 1320. The highest BCUT2D eigenvalue weighted by Crippen LogP contribution is 2.46. The molecule has 4 bridgehead atoms. The first-order chi connectivity index (χ1) is 15.6. The number of hydrogen-bond acceptors (Lipinski definition) is 5. The van der Waals surface area contributed by atoms with Gasteiger partial charge in [0.1, 0.15) is 23.9 Å².